The Hall–Kier alpha value is -2.62. The molecule has 0 unspecified atom stereocenters. The fourth-order valence-corrected chi connectivity index (χ4v) is 5.08. The predicted molar refractivity (Wildman–Crippen MR) is 151 cm³/mol. The SMILES string of the molecule is CCOC(=O)c1cn([C@H](CO[Si](C)(C)C(C)(C)C)C(C)C)c2nnc(Cc3cccc(Cl)c3F)cc2c1=O. The summed E-state index contributed by atoms with van der Waals surface area (Å²) in [5.41, 5.74) is 0.434. The number of carbonyl (C=O) groups is 1. The summed E-state index contributed by atoms with van der Waals surface area (Å²) in [5, 5.41) is 8.93. The number of halogens is 2. The van der Waals surface area contributed by atoms with Gasteiger partial charge in [-0.15, -0.1) is 5.10 Å². The van der Waals surface area contributed by atoms with E-state index in [1.807, 2.05) is 0 Å². The highest BCUT2D eigenvalue weighted by molar-refractivity contribution is 6.74. The van der Waals surface area contributed by atoms with Crippen molar-refractivity contribution in [1.29, 1.82) is 0 Å². The van der Waals surface area contributed by atoms with E-state index < -0.39 is 25.5 Å². The van der Waals surface area contributed by atoms with Crippen molar-refractivity contribution in [3.8, 4) is 0 Å². The lowest BCUT2D eigenvalue weighted by Crippen LogP contribution is -2.42. The number of ether oxygens (including phenoxy) is 1. The molecular weight excluding hydrogens is 525 g/mol. The molecule has 2 heterocycles. The molecule has 0 bridgehead atoms. The maximum atomic E-state index is 14.5. The molecule has 0 saturated carbocycles. The third-order valence-electron chi connectivity index (χ3n) is 7.27. The van der Waals surface area contributed by atoms with Crippen molar-refractivity contribution < 1.29 is 18.3 Å². The lowest BCUT2D eigenvalue weighted by atomic mass is 10.0. The Morgan fingerprint density at radius 1 is 1.21 bits per heavy atom. The molecule has 10 heteroatoms. The second-order valence-electron chi connectivity index (χ2n) is 11.3. The molecule has 1 atom stereocenters. The largest absolute Gasteiger partial charge is 0.462 e. The van der Waals surface area contributed by atoms with Crippen molar-refractivity contribution in [3.63, 3.8) is 0 Å². The molecule has 3 rings (SSSR count). The summed E-state index contributed by atoms with van der Waals surface area (Å²) in [5.74, 6) is -1.17. The number of hydrogen-bond acceptors (Lipinski definition) is 6. The van der Waals surface area contributed by atoms with E-state index in [0.717, 1.165) is 0 Å². The van der Waals surface area contributed by atoms with Crippen LogP contribution < -0.4 is 5.43 Å². The second kappa shape index (κ2) is 11.6. The summed E-state index contributed by atoms with van der Waals surface area (Å²) in [6.45, 7) is 17.2. The van der Waals surface area contributed by atoms with Gasteiger partial charge >= 0.3 is 5.97 Å². The van der Waals surface area contributed by atoms with Gasteiger partial charge in [-0.05, 0) is 48.7 Å². The van der Waals surface area contributed by atoms with Crippen LogP contribution in [0.5, 0.6) is 0 Å². The van der Waals surface area contributed by atoms with E-state index in [4.69, 9.17) is 20.8 Å². The highest BCUT2D eigenvalue weighted by atomic mass is 35.5. The van der Waals surface area contributed by atoms with Crippen LogP contribution >= 0.6 is 11.6 Å². The van der Waals surface area contributed by atoms with Crippen molar-refractivity contribution in [3.05, 3.63) is 68.3 Å². The van der Waals surface area contributed by atoms with Crippen LogP contribution in [0.25, 0.3) is 11.0 Å². The number of fused-ring (bicyclic) bond motifs is 1. The molecule has 0 spiro atoms. The van der Waals surface area contributed by atoms with Crippen LogP contribution in [0.15, 0.2) is 35.3 Å². The minimum Gasteiger partial charge on any atom is -0.462 e. The smallest absolute Gasteiger partial charge is 0.343 e. The molecule has 3 aromatic rings. The maximum absolute atomic E-state index is 14.5. The highest BCUT2D eigenvalue weighted by Crippen LogP contribution is 2.37. The molecule has 0 fully saturated rings. The van der Waals surface area contributed by atoms with E-state index in [0.29, 0.717) is 23.5 Å². The van der Waals surface area contributed by atoms with Gasteiger partial charge in [0.1, 0.15) is 11.4 Å². The molecule has 0 radical (unpaired) electrons. The summed E-state index contributed by atoms with van der Waals surface area (Å²) < 4.78 is 28.1. The number of benzene rings is 1. The van der Waals surface area contributed by atoms with Gasteiger partial charge in [0, 0.05) is 12.6 Å². The van der Waals surface area contributed by atoms with Gasteiger partial charge in [0.05, 0.1) is 35.4 Å². The first-order valence-electron chi connectivity index (χ1n) is 12.8. The Bertz CT molecular complexity index is 1380. The number of nitrogens with zero attached hydrogens (tertiary/aromatic N) is 3. The monoisotopic (exact) mass is 561 g/mol. The van der Waals surface area contributed by atoms with E-state index in [-0.39, 0.29) is 46.0 Å². The normalized spacial score (nSPS) is 13.2. The first-order valence-corrected chi connectivity index (χ1v) is 16.1. The van der Waals surface area contributed by atoms with Gasteiger partial charge in [-0.1, -0.05) is 58.4 Å². The standard InChI is InChI=1S/C28H37ClFN3O4Si/c1-9-36-27(35)21-15-33(23(17(2)3)16-37-38(7,8)28(4,5)6)26-20(25(21)34)14-19(31-32-26)13-18-11-10-12-22(29)24(18)30/h10-12,14-15,17,23H,9,13,16H2,1-8H3/t23-/m1/s1. The number of esters is 1. The minimum absolute atomic E-state index is 0.00436. The van der Waals surface area contributed by atoms with Crippen LogP contribution in [0.3, 0.4) is 0 Å². The molecular formula is C28H37ClFN3O4Si. The van der Waals surface area contributed by atoms with E-state index in [1.165, 1.54) is 12.3 Å². The van der Waals surface area contributed by atoms with Gasteiger partial charge in [0.15, 0.2) is 14.0 Å². The Morgan fingerprint density at radius 2 is 1.89 bits per heavy atom. The number of carbonyl (C=O) groups excluding carboxylic acids is 1. The molecule has 206 valence electrons. The molecule has 7 nitrogen and oxygen atoms in total. The summed E-state index contributed by atoms with van der Waals surface area (Å²) in [6, 6.07) is 6.06. The van der Waals surface area contributed by atoms with Crippen molar-refractivity contribution in [2.24, 2.45) is 5.92 Å². The third-order valence-corrected chi connectivity index (χ3v) is 12.1. The minimum atomic E-state index is -2.08. The lowest BCUT2D eigenvalue weighted by Gasteiger charge is -2.38. The van der Waals surface area contributed by atoms with Gasteiger partial charge in [-0.2, -0.15) is 5.10 Å². The Balaban J connectivity index is 2.17. The molecule has 0 aliphatic heterocycles. The van der Waals surface area contributed by atoms with E-state index in [9.17, 15) is 14.0 Å². The Morgan fingerprint density at radius 3 is 2.50 bits per heavy atom. The van der Waals surface area contributed by atoms with Crippen molar-refractivity contribution in [2.75, 3.05) is 13.2 Å². The predicted octanol–water partition coefficient (Wildman–Crippen LogP) is 6.57. The summed E-state index contributed by atoms with van der Waals surface area (Å²) >= 11 is 5.94. The summed E-state index contributed by atoms with van der Waals surface area (Å²) in [7, 11) is -2.08. The number of pyridine rings is 1. The van der Waals surface area contributed by atoms with Gasteiger partial charge in [0.25, 0.3) is 0 Å². The average Bonchev–Trinajstić information content (AvgIpc) is 2.82. The molecule has 0 N–H and O–H groups in total. The van der Waals surface area contributed by atoms with E-state index in [2.05, 4.69) is 57.9 Å². The number of rotatable bonds is 9. The zero-order chi connectivity index (χ0) is 28.4. The van der Waals surface area contributed by atoms with E-state index in [1.54, 1.807) is 29.7 Å². The fourth-order valence-electron chi connectivity index (χ4n) is 3.86. The zero-order valence-corrected chi connectivity index (χ0v) is 25.1. The molecule has 2 aromatic heterocycles. The van der Waals surface area contributed by atoms with Crippen molar-refractivity contribution in [1.82, 2.24) is 14.8 Å². The van der Waals surface area contributed by atoms with Gasteiger partial charge < -0.3 is 13.7 Å². The van der Waals surface area contributed by atoms with Crippen molar-refractivity contribution in [2.45, 2.75) is 72.1 Å². The van der Waals surface area contributed by atoms with Crippen molar-refractivity contribution >= 4 is 36.9 Å². The van der Waals surface area contributed by atoms with Crippen LogP contribution in [-0.4, -0.2) is 42.3 Å². The molecule has 0 aliphatic carbocycles. The Labute approximate surface area is 229 Å². The number of aromatic nitrogens is 3. The van der Waals surface area contributed by atoms with Gasteiger partial charge in [-0.3, -0.25) is 4.79 Å². The summed E-state index contributed by atoms with van der Waals surface area (Å²) in [4.78, 5) is 26.3. The molecule has 0 saturated heterocycles. The second-order valence-corrected chi connectivity index (χ2v) is 16.6. The third kappa shape index (κ3) is 6.32. The zero-order valence-electron chi connectivity index (χ0n) is 23.4. The molecule has 38 heavy (non-hydrogen) atoms. The Kier molecular flexibility index (Phi) is 9.16. The van der Waals surface area contributed by atoms with Gasteiger partial charge in [0.2, 0.25) is 5.43 Å². The summed E-state index contributed by atoms with van der Waals surface area (Å²) in [6.07, 6.45) is 1.59. The first kappa shape index (κ1) is 29.9. The first-order chi connectivity index (χ1) is 17.7. The number of hydrogen-bond donors (Lipinski definition) is 0. The van der Waals surface area contributed by atoms with Crippen LogP contribution in [0.1, 0.15) is 69.2 Å². The van der Waals surface area contributed by atoms with E-state index >= 15 is 0 Å². The van der Waals surface area contributed by atoms with Crippen LogP contribution in [0.2, 0.25) is 23.2 Å². The fraction of sp³-hybridized carbons (Fsp3) is 0.500. The quantitative estimate of drug-likeness (QED) is 0.217. The average molecular weight is 562 g/mol. The molecule has 0 aliphatic rings. The van der Waals surface area contributed by atoms with Crippen LogP contribution in [0, 0.1) is 11.7 Å². The maximum Gasteiger partial charge on any atom is 0.343 e. The lowest BCUT2D eigenvalue weighted by molar-refractivity contribution is 0.0523. The molecule has 0 amide bonds. The van der Waals surface area contributed by atoms with Crippen LogP contribution in [-0.2, 0) is 15.6 Å². The molecule has 1 aromatic carbocycles. The van der Waals surface area contributed by atoms with Crippen LogP contribution in [0.4, 0.5) is 4.39 Å². The highest BCUT2D eigenvalue weighted by Gasteiger charge is 2.38. The van der Waals surface area contributed by atoms with Gasteiger partial charge in [-0.25, -0.2) is 9.18 Å². The topological polar surface area (TPSA) is 83.3 Å².